The van der Waals surface area contributed by atoms with Gasteiger partial charge >= 0.3 is 0 Å². The minimum absolute atomic E-state index is 0.110. The third-order valence-corrected chi connectivity index (χ3v) is 5.09. The molecule has 112 valence electrons. The van der Waals surface area contributed by atoms with Gasteiger partial charge in [-0.05, 0) is 43.5 Å². The van der Waals surface area contributed by atoms with Crippen LogP contribution in [-0.2, 0) is 0 Å². The highest BCUT2D eigenvalue weighted by Gasteiger charge is 2.22. The van der Waals surface area contributed by atoms with E-state index in [4.69, 9.17) is 4.74 Å². The molecule has 1 saturated carbocycles. The fourth-order valence-corrected chi connectivity index (χ4v) is 3.57. The number of hydrogen-bond acceptors (Lipinski definition) is 5. The highest BCUT2D eigenvalue weighted by atomic mass is 32.2. The van der Waals surface area contributed by atoms with Gasteiger partial charge in [0.2, 0.25) is 0 Å². The first-order valence-corrected chi connectivity index (χ1v) is 8.05. The lowest BCUT2D eigenvalue weighted by atomic mass is 9.96. The van der Waals surface area contributed by atoms with Crippen molar-refractivity contribution in [3.8, 4) is 5.75 Å². The Hall–Kier alpha value is -2.21. The van der Waals surface area contributed by atoms with Crippen LogP contribution in [0.4, 0.5) is 17.1 Å². The van der Waals surface area contributed by atoms with E-state index >= 15 is 0 Å². The standard InChI is InChI=1S/C16H14N2O3S/c19-18(20)10-4-6-13-15(8-10)22-16-9-12(5-7-14(16)17-13)21-11-2-1-3-11/h4-9,11,17H,1-3H2. The summed E-state index contributed by atoms with van der Waals surface area (Å²) in [6, 6.07) is 10.9. The summed E-state index contributed by atoms with van der Waals surface area (Å²) in [4.78, 5) is 12.4. The predicted molar refractivity (Wildman–Crippen MR) is 85.2 cm³/mol. The van der Waals surface area contributed by atoms with Gasteiger partial charge in [-0.15, -0.1) is 0 Å². The fraction of sp³-hybridized carbons (Fsp3) is 0.250. The second-order valence-corrected chi connectivity index (χ2v) is 6.58. The molecular weight excluding hydrogens is 300 g/mol. The molecular formula is C16H14N2O3S. The Bertz CT molecular complexity index is 759. The van der Waals surface area contributed by atoms with Crippen LogP contribution in [-0.4, -0.2) is 11.0 Å². The average molecular weight is 314 g/mol. The molecule has 22 heavy (non-hydrogen) atoms. The van der Waals surface area contributed by atoms with Gasteiger partial charge < -0.3 is 10.1 Å². The van der Waals surface area contributed by atoms with Crippen LogP contribution in [0.2, 0.25) is 0 Å². The molecule has 1 fully saturated rings. The van der Waals surface area contributed by atoms with Crippen molar-refractivity contribution < 1.29 is 9.66 Å². The summed E-state index contributed by atoms with van der Waals surface area (Å²) in [6.45, 7) is 0. The third kappa shape index (κ3) is 2.39. The first-order chi connectivity index (χ1) is 10.7. The molecule has 6 heteroatoms. The number of hydrogen-bond donors (Lipinski definition) is 1. The maximum absolute atomic E-state index is 10.9. The molecule has 1 aliphatic heterocycles. The monoisotopic (exact) mass is 314 g/mol. The Kier molecular flexibility index (Phi) is 3.18. The Morgan fingerprint density at radius 3 is 2.55 bits per heavy atom. The highest BCUT2D eigenvalue weighted by molar-refractivity contribution is 7.99. The molecule has 1 N–H and O–H groups in total. The first-order valence-electron chi connectivity index (χ1n) is 7.23. The molecule has 0 aromatic heterocycles. The van der Waals surface area contributed by atoms with Gasteiger partial charge in [-0.3, -0.25) is 10.1 Å². The zero-order valence-electron chi connectivity index (χ0n) is 11.7. The minimum Gasteiger partial charge on any atom is -0.490 e. The van der Waals surface area contributed by atoms with Crippen molar-refractivity contribution in [1.29, 1.82) is 0 Å². The number of nitrogens with one attached hydrogen (secondary N) is 1. The van der Waals surface area contributed by atoms with Crippen molar-refractivity contribution in [3.05, 3.63) is 46.5 Å². The second kappa shape index (κ2) is 5.21. The van der Waals surface area contributed by atoms with E-state index in [2.05, 4.69) is 5.32 Å². The number of ether oxygens (including phenoxy) is 1. The van der Waals surface area contributed by atoms with Gasteiger partial charge in [0.1, 0.15) is 5.75 Å². The molecule has 5 nitrogen and oxygen atoms in total. The lowest BCUT2D eigenvalue weighted by Crippen LogP contribution is -2.24. The molecule has 2 aromatic carbocycles. The van der Waals surface area contributed by atoms with E-state index in [1.165, 1.54) is 24.2 Å². The van der Waals surface area contributed by atoms with E-state index in [9.17, 15) is 10.1 Å². The van der Waals surface area contributed by atoms with Gasteiger partial charge in [0.25, 0.3) is 5.69 Å². The van der Waals surface area contributed by atoms with Gasteiger partial charge in [0, 0.05) is 21.9 Å². The maximum Gasteiger partial charge on any atom is 0.270 e. The highest BCUT2D eigenvalue weighted by Crippen LogP contribution is 2.46. The molecule has 2 aliphatic rings. The van der Waals surface area contributed by atoms with Crippen LogP contribution in [0.25, 0.3) is 0 Å². The van der Waals surface area contributed by atoms with E-state index in [1.54, 1.807) is 12.1 Å². The number of anilines is 2. The zero-order chi connectivity index (χ0) is 15.1. The van der Waals surface area contributed by atoms with Crippen LogP contribution in [0, 0.1) is 10.1 Å². The molecule has 2 aromatic rings. The Morgan fingerprint density at radius 1 is 1.14 bits per heavy atom. The topological polar surface area (TPSA) is 64.4 Å². The number of nitrogens with zero attached hydrogens (tertiary/aromatic N) is 1. The first kappa shape index (κ1) is 13.5. The van der Waals surface area contributed by atoms with E-state index in [0.717, 1.165) is 39.8 Å². The number of fused-ring (bicyclic) bond motifs is 2. The summed E-state index contributed by atoms with van der Waals surface area (Å²) < 4.78 is 5.92. The lowest BCUT2D eigenvalue weighted by molar-refractivity contribution is -0.385. The quantitative estimate of drug-likeness (QED) is 0.559. The predicted octanol–water partition coefficient (Wildman–Crippen LogP) is 4.73. The molecule has 0 saturated heterocycles. The fourth-order valence-electron chi connectivity index (χ4n) is 2.52. The van der Waals surface area contributed by atoms with E-state index in [-0.39, 0.29) is 10.6 Å². The Labute approximate surface area is 131 Å². The smallest absolute Gasteiger partial charge is 0.270 e. The van der Waals surface area contributed by atoms with Crippen LogP contribution >= 0.6 is 11.8 Å². The number of rotatable bonds is 3. The Morgan fingerprint density at radius 2 is 1.86 bits per heavy atom. The van der Waals surface area contributed by atoms with Gasteiger partial charge in [0.15, 0.2) is 0 Å². The van der Waals surface area contributed by atoms with E-state index < -0.39 is 0 Å². The van der Waals surface area contributed by atoms with Gasteiger partial charge in [0.05, 0.1) is 22.4 Å². The van der Waals surface area contributed by atoms with Crippen molar-refractivity contribution in [1.82, 2.24) is 0 Å². The van der Waals surface area contributed by atoms with Gasteiger partial charge in [-0.1, -0.05) is 11.8 Å². The number of benzene rings is 2. The van der Waals surface area contributed by atoms with Crippen LogP contribution in [0.5, 0.6) is 5.75 Å². The number of non-ortho nitro benzene ring substituents is 1. The summed E-state index contributed by atoms with van der Waals surface area (Å²) in [7, 11) is 0. The SMILES string of the molecule is O=[N+]([O-])c1ccc2c(c1)Sc1cc(OC3CCC3)ccc1N2. The molecule has 0 radical (unpaired) electrons. The summed E-state index contributed by atoms with van der Waals surface area (Å²) in [5.41, 5.74) is 2.02. The third-order valence-electron chi connectivity index (χ3n) is 3.97. The summed E-state index contributed by atoms with van der Waals surface area (Å²) >= 11 is 1.53. The van der Waals surface area contributed by atoms with Crippen LogP contribution in [0.3, 0.4) is 0 Å². The molecule has 0 amide bonds. The number of nitro groups is 1. The molecule has 0 spiro atoms. The minimum atomic E-state index is -0.369. The summed E-state index contributed by atoms with van der Waals surface area (Å²) in [5, 5.41) is 14.2. The lowest BCUT2D eigenvalue weighted by Gasteiger charge is -2.27. The maximum atomic E-state index is 10.9. The molecule has 0 unspecified atom stereocenters. The van der Waals surface area contributed by atoms with Crippen molar-refractivity contribution in [3.63, 3.8) is 0 Å². The van der Waals surface area contributed by atoms with E-state index in [0.29, 0.717) is 6.10 Å². The normalized spacial score (nSPS) is 16.0. The zero-order valence-corrected chi connectivity index (χ0v) is 12.6. The average Bonchev–Trinajstić information content (AvgIpc) is 2.48. The molecule has 0 bridgehead atoms. The molecule has 4 rings (SSSR count). The van der Waals surface area contributed by atoms with Crippen LogP contribution in [0.1, 0.15) is 19.3 Å². The summed E-state index contributed by atoms with van der Waals surface area (Å²) in [5.74, 6) is 0.867. The van der Waals surface area contributed by atoms with Crippen molar-refractivity contribution in [2.75, 3.05) is 5.32 Å². The second-order valence-electron chi connectivity index (χ2n) is 5.49. The molecule has 1 aliphatic carbocycles. The van der Waals surface area contributed by atoms with Crippen molar-refractivity contribution in [2.45, 2.75) is 35.2 Å². The van der Waals surface area contributed by atoms with Gasteiger partial charge in [-0.25, -0.2) is 0 Å². The van der Waals surface area contributed by atoms with Crippen LogP contribution < -0.4 is 10.1 Å². The Balaban J connectivity index is 1.62. The van der Waals surface area contributed by atoms with E-state index in [1.807, 2.05) is 18.2 Å². The van der Waals surface area contributed by atoms with Crippen LogP contribution in [0.15, 0.2) is 46.2 Å². The number of nitro benzene ring substituents is 1. The summed E-state index contributed by atoms with van der Waals surface area (Å²) in [6.07, 6.45) is 3.82. The molecule has 0 atom stereocenters. The van der Waals surface area contributed by atoms with Gasteiger partial charge in [-0.2, -0.15) is 0 Å². The van der Waals surface area contributed by atoms with Crippen molar-refractivity contribution >= 4 is 28.8 Å². The van der Waals surface area contributed by atoms with Crippen molar-refractivity contribution in [2.24, 2.45) is 0 Å². The molecule has 1 heterocycles. The largest absolute Gasteiger partial charge is 0.490 e.